The Morgan fingerprint density at radius 2 is 1.95 bits per heavy atom. The van der Waals surface area contributed by atoms with Crippen LogP contribution in [0.2, 0.25) is 0 Å². The molecule has 1 rings (SSSR count). The van der Waals surface area contributed by atoms with Gasteiger partial charge in [-0.3, -0.25) is 10.1 Å². The highest BCUT2D eigenvalue weighted by Crippen LogP contribution is 2.30. The molecule has 21 heavy (non-hydrogen) atoms. The molecule has 0 radical (unpaired) electrons. The minimum absolute atomic E-state index is 0. The molecule has 0 aliphatic heterocycles. The zero-order valence-electron chi connectivity index (χ0n) is 11.7. The van der Waals surface area contributed by atoms with Crippen LogP contribution in [0.25, 0.3) is 0 Å². The molecule has 0 fully saturated rings. The number of hydrogen-bond donors (Lipinski definition) is 2. The highest BCUT2D eigenvalue weighted by atomic mass is 79.9. The summed E-state index contributed by atoms with van der Waals surface area (Å²) in [4.78, 5) is 10.1. The molecular weight excluding hydrogens is 386 g/mol. The van der Waals surface area contributed by atoms with Crippen LogP contribution >= 0.6 is 28.3 Å². The Morgan fingerprint density at radius 3 is 2.38 bits per heavy atom. The van der Waals surface area contributed by atoms with E-state index in [0.29, 0.717) is 10.0 Å². The number of sulfonamides is 1. The van der Waals surface area contributed by atoms with Crippen LogP contribution in [0, 0.1) is 17.0 Å². The van der Waals surface area contributed by atoms with Gasteiger partial charge in [0.15, 0.2) is 0 Å². The van der Waals surface area contributed by atoms with Gasteiger partial charge >= 0.3 is 0 Å². The molecule has 0 aromatic heterocycles. The highest BCUT2D eigenvalue weighted by Gasteiger charge is 2.27. The summed E-state index contributed by atoms with van der Waals surface area (Å²) in [5.41, 5.74) is 4.75. The smallest absolute Gasteiger partial charge is 0.274 e. The maximum absolute atomic E-state index is 12.2. The third kappa shape index (κ3) is 4.89. The quantitative estimate of drug-likeness (QED) is 0.578. The Balaban J connectivity index is 0.00000400. The van der Waals surface area contributed by atoms with Crippen LogP contribution in [0.5, 0.6) is 0 Å². The summed E-state index contributed by atoms with van der Waals surface area (Å²) < 4.78 is 27.2. The molecule has 0 saturated carbocycles. The lowest BCUT2D eigenvalue weighted by atomic mass is 10.1. The molecule has 0 spiro atoms. The second kappa shape index (κ2) is 7.01. The number of rotatable bonds is 5. The number of nitrogens with two attached hydrogens (primary N) is 1. The lowest BCUT2D eigenvalue weighted by molar-refractivity contribution is -0.385. The van der Waals surface area contributed by atoms with Crippen molar-refractivity contribution < 1.29 is 13.3 Å². The predicted octanol–water partition coefficient (Wildman–Crippen LogP) is 2.10. The van der Waals surface area contributed by atoms with E-state index in [-0.39, 0.29) is 29.5 Å². The first-order valence-electron chi connectivity index (χ1n) is 5.69. The van der Waals surface area contributed by atoms with Crippen molar-refractivity contribution in [3.63, 3.8) is 0 Å². The highest BCUT2D eigenvalue weighted by molar-refractivity contribution is 9.10. The van der Waals surface area contributed by atoms with Crippen molar-refractivity contribution in [2.75, 3.05) is 6.54 Å². The molecule has 0 unspecified atom stereocenters. The van der Waals surface area contributed by atoms with Crippen molar-refractivity contribution in [3.05, 3.63) is 32.3 Å². The molecule has 10 heteroatoms. The maximum Gasteiger partial charge on any atom is 0.274 e. The second-order valence-electron chi connectivity index (χ2n) is 5.00. The number of benzene rings is 1. The molecule has 120 valence electrons. The number of nitro benzene ring substituents is 1. The van der Waals surface area contributed by atoms with E-state index < -0.39 is 20.5 Å². The van der Waals surface area contributed by atoms with Crippen molar-refractivity contribution in [2.45, 2.75) is 31.2 Å². The van der Waals surface area contributed by atoms with E-state index in [4.69, 9.17) is 5.73 Å². The molecule has 1 aromatic rings. The van der Waals surface area contributed by atoms with E-state index in [1.165, 1.54) is 13.0 Å². The minimum atomic E-state index is -3.89. The zero-order valence-corrected chi connectivity index (χ0v) is 14.9. The minimum Gasteiger partial charge on any atom is -0.329 e. The third-order valence-electron chi connectivity index (χ3n) is 2.72. The van der Waals surface area contributed by atoms with Crippen molar-refractivity contribution >= 4 is 44.0 Å². The van der Waals surface area contributed by atoms with Crippen molar-refractivity contribution in [1.82, 2.24) is 4.72 Å². The number of nitrogens with zero attached hydrogens (tertiary/aromatic N) is 1. The zero-order chi connectivity index (χ0) is 15.7. The number of nitrogens with one attached hydrogen (secondary N) is 1. The molecule has 0 amide bonds. The van der Waals surface area contributed by atoms with Gasteiger partial charge in [-0.15, -0.1) is 12.4 Å². The topological polar surface area (TPSA) is 115 Å². The average Bonchev–Trinajstić information content (AvgIpc) is 2.30. The largest absolute Gasteiger partial charge is 0.329 e. The van der Waals surface area contributed by atoms with E-state index in [1.54, 1.807) is 13.8 Å². The first-order valence-corrected chi connectivity index (χ1v) is 7.96. The normalized spacial score (nSPS) is 11.9. The molecule has 0 bridgehead atoms. The summed E-state index contributed by atoms with van der Waals surface area (Å²) >= 11 is 3.13. The summed E-state index contributed by atoms with van der Waals surface area (Å²) in [6, 6.07) is 2.37. The van der Waals surface area contributed by atoms with Gasteiger partial charge < -0.3 is 5.73 Å². The fourth-order valence-corrected chi connectivity index (χ4v) is 3.52. The standard InChI is InChI=1S/C11H16BrN3O4S.ClH/c1-7-9(12)4-8(5-10(7)15(16)17)20(18,19)14-11(2,3)6-13;/h4-5,14H,6,13H2,1-3H3;1H. The van der Waals surface area contributed by atoms with Crippen LogP contribution in [0.15, 0.2) is 21.5 Å². The molecule has 0 aliphatic rings. The maximum atomic E-state index is 12.2. The number of hydrogen-bond acceptors (Lipinski definition) is 5. The lowest BCUT2D eigenvalue weighted by Gasteiger charge is -2.23. The fourth-order valence-electron chi connectivity index (χ4n) is 1.45. The van der Waals surface area contributed by atoms with Crippen LogP contribution in [0.1, 0.15) is 19.4 Å². The van der Waals surface area contributed by atoms with Gasteiger partial charge in [0.25, 0.3) is 5.69 Å². The summed E-state index contributed by atoms with van der Waals surface area (Å²) in [6.45, 7) is 4.89. The Bertz CT molecular complexity index is 649. The van der Waals surface area contributed by atoms with Gasteiger partial charge in [-0.1, -0.05) is 15.9 Å². The van der Waals surface area contributed by atoms with Crippen LogP contribution in [-0.4, -0.2) is 25.4 Å². The number of halogens is 2. The Morgan fingerprint density at radius 1 is 1.43 bits per heavy atom. The van der Waals surface area contributed by atoms with Crippen LogP contribution in [0.4, 0.5) is 5.69 Å². The molecular formula is C11H17BrClN3O4S. The molecule has 3 N–H and O–H groups in total. The van der Waals surface area contributed by atoms with E-state index in [2.05, 4.69) is 20.7 Å². The Kier molecular flexibility index (Phi) is 6.77. The van der Waals surface area contributed by atoms with E-state index in [9.17, 15) is 18.5 Å². The van der Waals surface area contributed by atoms with E-state index in [0.717, 1.165) is 6.07 Å². The Hall–Kier alpha value is -0.740. The van der Waals surface area contributed by atoms with Crippen LogP contribution < -0.4 is 10.5 Å². The molecule has 0 saturated heterocycles. The van der Waals surface area contributed by atoms with Gasteiger partial charge in [0.2, 0.25) is 10.0 Å². The third-order valence-corrected chi connectivity index (χ3v) is 5.22. The van der Waals surface area contributed by atoms with Crippen molar-refractivity contribution in [1.29, 1.82) is 0 Å². The van der Waals surface area contributed by atoms with Crippen molar-refractivity contribution in [3.8, 4) is 0 Å². The molecule has 1 aromatic carbocycles. The summed E-state index contributed by atoms with van der Waals surface area (Å²) in [6.07, 6.45) is 0. The summed E-state index contributed by atoms with van der Waals surface area (Å²) in [5, 5.41) is 10.9. The van der Waals surface area contributed by atoms with Gasteiger partial charge in [-0.2, -0.15) is 0 Å². The monoisotopic (exact) mass is 401 g/mol. The van der Waals surface area contributed by atoms with Crippen LogP contribution in [-0.2, 0) is 10.0 Å². The summed E-state index contributed by atoms with van der Waals surface area (Å²) in [7, 11) is -3.89. The average molecular weight is 403 g/mol. The van der Waals surface area contributed by atoms with Crippen LogP contribution in [0.3, 0.4) is 0 Å². The van der Waals surface area contributed by atoms with Gasteiger partial charge in [0.05, 0.1) is 9.82 Å². The second-order valence-corrected chi connectivity index (χ2v) is 7.54. The van der Waals surface area contributed by atoms with Crippen molar-refractivity contribution in [2.24, 2.45) is 5.73 Å². The molecule has 0 heterocycles. The van der Waals surface area contributed by atoms with E-state index in [1.807, 2.05) is 0 Å². The Labute approximate surface area is 138 Å². The SMILES string of the molecule is Cc1c(Br)cc(S(=O)(=O)NC(C)(C)CN)cc1[N+](=O)[O-].Cl. The first-order chi connectivity index (χ1) is 9.00. The molecule has 7 nitrogen and oxygen atoms in total. The van der Waals surface area contributed by atoms with Gasteiger partial charge in [0, 0.05) is 28.2 Å². The van der Waals surface area contributed by atoms with E-state index >= 15 is 0 Å². The van der Waals surface area contributed by atoms with Gasteiger partial charge in [-0.05, 0) is 26.8 Å². The lowest BCUT2D eigenvalue weighted by Crippen LogP contribution is -2.48. The summed E-state index contributed by atoms with van der Waals surface area (Å²) in [5.74, 6) is 0. The molecule has 0 aliphatic carbocycles. The fraction of sp³-hybridized carbons (Fsp3) is 0.455. The van der Waals surface area contributed by atoms with Gasteiger partial charge in [0.1, 0.15) is 0 Å². The first kappa shape index (κ1) is 20.3. The molecule has 0 atom stereocenters. The van der Waals surface area contributed by atoms with Gasteiger partial charge in [-0.25, -0.2) is 13.1 Å². The predicted molar refractivity (Wildman–Crippen MR) is 86.2 cm³/mol. The number of nitro groups is 1.